The van der Waals surface area contributed by atoms with Gasteiger partial charge >= 0.3 is 5.97 Å². The van der Waals surface area contributed by atoms with Gasteiger partial charge in [-0.1, -0.05) is 13.8 Å². The van der Waals surface area contributed by atoms with Crippen LogP contribution in [0.3, 0.4) is 0 Å². The van der Waals surface area contributed by atoms with Gasteiger partial charge in [-0.15, -0.1) is 11.3 Å². The van der Waals surface area contributed by atoms with Crippen LogP contribution in [0.5, 0.6) is 0 Å². The van der Waals surface area contributed by atoms with Crippen molar-refractivity contribution in [2.24, 2.45) is 17.1 Å². The van der Waals surface area contributed by atoms with E-state index in [1.54, 1.807) is 0 Å². The maximum atomic E-state index is 11.6. The van der Waals surface area contributed by atoms with E-state index >= 15 is 0 Å². The van der Waals surface area contributed by atoms with Gasteiger partial charge in [0, 0.05) is 0 Å². The van der Waals surface area contributed by atoms with Crippen molar-refractivity contribution < 1.29 is 9.53 Å². The number of carbonyl (C=O) groups excluding carboxylic acids is 1. The second-order valence-electron chi connectivity index (χ2n) is 4.84. The monoisotopic (exact) mass is 239 g/mol. The molecule has 0 aliphatic heterocycles. The number of hydrogen-bond donors (Lipinski definition) is 1. The molecule has 0 amide bonds. The predicted molar refractivity (Wildman–Crippen MR) is 64.7 cm³/mol. The van der Waals surface area contributed by atoms with Crippen LogP contribution in [0.15, 0.2) is 11.4 Å². The molecule has 2 atom stereocenters. The topological polar surface area (TPSA) is 52.3 Å². The van der Waals surface area contributed by atoms with Crippen molar-refractivity contribution in [1.29, 1.82) is 0 Å². The van der Waals surface area contributed by atoms with E-state index in [0.717, 1.165) is 10.4 Å². The van der Waals surface area contributed by atoms with Gasteiger partial charge in [0.15, 0.2) is 0 Å². The molecule has 1 aliphatic rings. The van der Waals surface area contributed by atoms with Crippen LogP contribution in [0, 0.1) is 11.3 Å². The lowest BCUT2D eigenvalue weighted by atomic mass is 10.0. The fourth-order valence-electron chi connectivity index (χ4n) is 2.62. The zero-order valence-electron chi connectivity index (χ0n) is 9.82. The summed E-state index contributed by atoms with van der Waals surface area (Å²) in [4.78, 5) is 12.3. The molecule has 2 rings (SSSR count). The molecule has 0 saturated heterocycles. The summed E-state index contributed by atoms with van der Waals surface area (Å²) in [7, 11) is 1.42. The molecule has 1 heterocycles. The van der Waals surface area contributed by atoms with E-state index in [1.807, 2.05) is 11.4 Å². The third-order valence-electron chi connectivity index (χ3n) is 3.71. The highest BCUT2D eigenvalue weighted by Crippen LogP contribution is 2.64. The Hall–Kier alpha value is -0.870. The van der Waals surface area contributed by atoms with Crippen LogP contribution >= 0.6 is 11.3 Å². The van der Waals surface area contributed by atoms with Gasteiger partial charge < -0.3 is 10.5 Å². The molecule has 3 nitrogen and oxygen atoms in total. The van der Waals surface area contributed by atoms with E-state index in [0.29, 0.717) is 18.4 Å². The number of carbonyl (C=O) groups is 1. The number of nitrogens with two attached hydrogens (primary N) is 1. The van der Waals surface area contributed by atoms with Gasteiger partial charge in [0.2, 0.25) is 0 Å². The summed E-state index contributed by atoms with van der Waals surface area (Å²) in [5, 5.41) is 1.95. The van der Waals surface area contributed by atoms with Gasteiger partial charge in [-0.2, -0.15) is 0 Å². The normalized spacial score (nSPS) is 26.5. The number of hydrogen-bond acceptors (Lipinski definition) is 4. The van der Waals surface area contributed by atoms with Crippen LogP contribution in [0.2, 0.25) is 0 Å². The quantitative estimate of drug-likeness (QED) is 0.823. The zero-order valence-corrected chi connectivity index (χ0v) is 10.6. The molecular formula is C12H17NO2S. The van der Waals surface area contributed by atoms with Crippen molar-refractivity contribution in [2.45, 2.75) is 19.8 Å². The first kappa shape index (κ1) is 11.6. The van der Waals surface area contributed by atoms with Gasteiger partial charge in [-0.05, 0) is 40.8 Å². The van der Waals surface area contributed by atoms with E-state index < -0.39 is 0 Å². The highest BCUT2D eigenvalue weighted by molar-refractivity contribution is 7.12. The Kier molecular flexibility index (Phi) is 2.80. The van der Waals surface area contributed by atoms with Crippen molar-refractivity contribution in [3.8, 4) is 0 Å². The summed E-state index contributed by atoms with van der Waals surface area (Å²) in [6.45, 7) is 5.08. The van der Waals surface area contributed by atoms with Crippen molar-refractivity contribution >= 4 is 17.3 Å². The van der Waals surface area contributed by atoms with E-state index in [9.17, 15) is 4.79 Å². The summed E-state index contributed by atoms with van der Waals surface area (Å²) in [6.07, 6.45) is 0. The largest absolute Gasteiger partial charge is 0.465 e. The van der Waals surface area contributed by atoms with Crippen molar-refractivity contribution in [2.75, 3.05) is 13.7 Å². The summed E-state index contributed by atoms with van der Waals surface area (Å²) in [6, 6.07) is 2.03. The lowest BCUT2D eigenvalue weighted by Gasteiger charge is -2.03. The lowest BCUT2D eigenvalue weighted by molar-refractivity contribution is 0.0605. The lowest BCUT2D eigenvalue weighted by Crippen LogP contribution is -2.05. The van der Waals surface area contributed by atoms with Crippen molar-refractivity contribution in [1.82, 2.24) is 0 Å². The molecule has 0 unspecified atom stereocenters. The molecule has 0 spiro atoms. The van der Waals surface area contributed by atoms with Gasteiger partial charge in [-0.3, -0.25) is 0 Å². The fraction of sp³-hybridized carbons (Fsp3) is 0.583. The Labute approximate surface area is 99.6 Å². The van der Waals surface area contributed by atoms with E-state index in [4.69, 9.17) is 10.5 Å². The third-order valence-corrected chi connectivity index (χ3v) is 4.62. The highest BCUT2D eigenvalue weighted by Gasteiger charge is 2.58. The Balaban J connectivity index is 2.30. The zero-order chi connectivity index (χ0) is 11.9. The molecule has 1 saturated carbocycles. The molecule has 1 aromatic rings. The molecule has 4 heteroatoms. The SMILES string of the molecule is COC(=O)c1sccc1[C@@H]1[C@@H](CN)C1(C)C. The molecule has 2 N–H and O–H groups in total. The summed E-state index contributed by atoms with van der Waals surface area (Å²) in [5.41, 5.74) is 7.07. The Morgan fingerprint density at radius 3 is 2.81 bits per heavy atom. The Morgan fingerprint density at radius 2 is 2.31 bits per heavy atom. The Morgan fingerprint density at radius 1 is 1.62 bits per heavy atom. The molecule has 16 heavy (non-hydrogen) atoms. The maximum absolute atomic E-state index is 11.6. The average molecular weight is 239 g/mol. The number of thiophene rings is 1. The summed E-state index contributed by atoms with van der Waals surface area (Å²) >= 11 is 1.45. The van der Waals surface area contributed by atoms with Crippen LogP contribution in [-0.2, 0) is 4.74 Å². The van der Waals surface area contributed by atoms with Crippen molar-refractivity contribution in [3.63, 3.8) is 0 Å². The second-order valence-corrected chi connectivity index (χ2v) is 5.75. The molecule has 0 radical (unpaired) electrons. The number of methoxy groups -OCH3 is 1. The van der Waals surface area contributed by atoms with Crippen LogP contribution < -0.4 is 5.73 Å². The maximum Gasteiger partial charge on any atom is 0.348 e. The summed E-state index contributed by atoms with van der Waals surface area (Å²) in [5.74, 6) is 0.645. The second kappa shape index (κ2) is 3.86. The standard InChI is InChI=1S/C12H17NO2S/c1-12(2)8(6-13)9(12)7-4-5-16-10(7)11(14)15-3/h4-5,8-9H,6,13H2,1-3H3/t8-,9-/m1/s1. The number of rotatable bonds is 3. The molecule has 88 valence electrons. The first-order valence-corrected chi connectivity index (χ1v) is 6.27. The van der Waals surface area contributed by atoms with Crippen molar-refractivity contribution in [3.05, 3.63) is 21.9 Å². The van der Waals surface area contributed by atoms with Crippen LogP contribution in [0.1, 0.15) is 35.0 Å². The van der Waals surface area contributed by atoms with Gasteiger partial charge in [0.1, 0.15) is 4.88 Å². The molecule has 0 bridgehead atoms. The van der Waals surface area contributed by atoms with Crippen LogP contribution in [-0.4, -0.2) is 19.6 Å². The van der Waals surface area contributed by atoms with E-state index in [-0.39, 0.29) is 11.4 Å². The average Bonchev–Trinajstić information content (AvgIpc) is 2.66. The van der Waals surface area contributed by atoms with E-state index in [2.05, 4.69) is 13.8 Å². The molecule has 1 aliphatic carbocycles. The Bertz CT molecular complexity index is 411. The first-order chi connectivity index (χ1) is 7.54. The molecular weight excluding hydrogens is 222 g/mol. The minimum absolute atomic E-state index is 0.207. The summed E-state index contributed by atoms with van der Waals surface area (Å²) < 4.78 is 4.79. The number of ether oxygens (including phenoxy) is 1. The van der Waals surface area contributed by atoms with Crippen LogP contribution in [0.4, 0.5) is 0 Å². The minimum Gasteiger partial charge on any atom is -0.465 e. The van der Waals surface area contributed by atoms with Crippen LogP contribution in [0.25, 0.3) is 0 Å². The fourth-order valence-corrected chi connectivity index (χ4v) is 3.49. The molecule has 1 aromatic heterocycles. The van der Waals surface area contributed by atoms with Gasteiger partial charge in [0.05, 0.1) is 7.11 Å². The number of esters is 1. The van der Waals surface area contributed by atoms with Gasteiger partial charge in [0.25, 0.3) is 0 Å². The third kappa shape index (κ3) is 1.57. The van der Waals surface area contributed by atoms with E-state index in [1.165, 1.54) is 18.4 Å². The van der Waals surface area contributed by atoms with Gasteiger partial charge in [-0.25, -0.2) is 4.79 Å². The predicted octanol–water partition coefficient (Wildman–Crippen LogP) is 2.23. The smallest absolute Gasteiger partial charge is 0.348 e. The minimum atomic E-state index is -0.233. The first-order valence-electron chi connectivity index (χ1n) is 5.39. The highest BCUT2D eigenvalue weighted by atomic mass is 32.1. The molecule has 1 fully saturated rings. The molecule has 0 aromatic carbocycles.